The van der Waals surface area contributed by atoms with Crippen LogP contribution >= 0.6 is 0 Å². The highest BCUT2D eigenvalue weighted by atomic mass is 16.7. The molecule has 1 fully saturated rings. The van der Waals surface area contributed by atoms with Gasteiger partial charge in [0.25, 0.3) is 0 Å². The Bertz CT molecular complexity index is 1200. The van der Waals surface area contributed by atoms with Crippen molar-refractivity contribution in [3.8, 4) is 0 Å². The number of rotatable bonds is 45. The van der Waals surface area contributed by atoms with Crippen molar-refractivity contribution in [2.45, 2.75) is 275 Å². The second-order valence-electron chi connectivity index (χ2n) is 18.6. The van der Waals surface area contributed by atoms with Gasteiger partial charge in [0.05, 0.1) is 25.4 Å². The van der Waals surface area contributed by atoms with E-state index >= 15 is 0 Å². The summed E-state index contributed by atoms with van der Waals surface area (Å²) in [7, 11) is 0. The summed E-state index contributed by atoms with van der Waals surface area (Å²) in [6, 6.07) is -0.830. The van der Waals surface area contributed by atoms with Gasteiger partial charge in [-0.3, -0.25) is 4.79 Å². The summed E-state index contributed by atoms with van der Waals surface area (Å²) in [5.41, 5.74) is 0. The van der Waals surface area contributed by atoms with E-state index in [1.54, 1.807) is 6.08 Å². The van der Waals surface area contributed by atoms with E-state index in [9.17, 15) is 30.3 Å². The molecule has 1 heterocycles. The Morgan fingerprint density at radius 3 is 1.46 bits per heavy atom. The van der Waals surface area contributed by atoms with Gasteiger partial charge >= 0.3 is 0 Å². The molecule has 0 aromatic carbocycles. The second-order valence-corrected chi connectivity index (χ2v) is 18.6. The zero-order chi connectivity index (χ0) is 47.3. The average Bonchev–Trinajstić information content (AvgIpc) is 3.31. The summed E-state index contributed by atoms with van der Waals surface area (Å²) in [6.45, 7) is 3.66. The number of aliphatic hydroxyl groups is 5. The quantitative estimate of drug-likeness (QED) is 0.0261. The molecule has 1 saturated heterocycles. The zero-order valence-electron chi connectivity index (χ0n) is 41.7. The van der Waals surface area contributed by atoms with Crippen molar-refractivity contribution < 1.29 is 39.8 Å². The Labute approximate surface area is 398 Å². The van der Waals surface area contributed by atoms with E-state index in [-0.39, 0.29) is 12.5 Å². The molecular formula is C56H101NO8. The lowest BCUT2D eigenvalue weighted by Crippen LogP contribution is -2.60. The number of hydrogen-bond acceptors (Lipinski definition) is 8. The predicted molar refractivity (Wildman–Crippen MR) is 272 cm³/mol. The topological polar surface area (TPSA) is 149 Å². The largest absolute Gasteiger partial charge is 0.394 e. The van der Waals surface area contributed by atoms with Crippen LogP contribution in [0.25, 0.3) is 0 Å². The first kappa shape index (κ1) is 60.9. The minimum Gasteiger partial charge on any atom is -0.394 e. The second kappa shape index (κ2) is 45.7. The molecule has 1 amide bonds. The fourth-order valence-electron chi connectivity index (χ4n) is 8.29. The van der Waals surface area contributed by atoms with Crippen molar-refractivity contribution in [2.75, 3.05) is 13.2 Å². The SMILES string of the molecule is CC/C=C\C/C=C\CCCCCCCCCCCCCCCCC(=O)NC(COC1OC(CO)C(O)C(O)C1O)C(O)/C=C/CC/C=C/CC/C=C/CCCCCCCCCCCCC. The van der Waals surface area contributed by atoms with Gasteiger partial charge in [-0.25, -0.2) is 0 Å². The fourth-order valence-corrected chi connectivity index (χ4v) is 8.29. The van der Waals surface area contributed by atoms with Crippen molar-refractivity contribution >= 4 is 5.91 Å². The number of aliphatic hydroxyl groups excluding tert-OH is 5. The van der Waals surface area contributed by atoms with Gasteiger partial charge in [-0.2, -0.15) is 0 Å². The molecule has 9 nitrogen and oxygen atoms in total. The van der Waals surface area contributed by atoms with Gasteiger partial charge in [0.2, 0.25) is 5.91 Å². The molecule has 7 atom stereocenters. The number of nitrogens with one attached hydrogen (secondary N) is 1. The van der Waals surface area contributed by atoms with Gasteiger partial charge in [0.1, 0.15) is 24.4 Å². The van der Waals surface area contributed by atoms with Crippen LogP contribution in [0, 0.1) is 0 Å². The summed E-state index contributed by atoms with van der Waals surface area (Å²) >= 11 is 0. The summed E-state index contributed by atoms with van der Waals surface area (Å²) in [5, 5.41) is 54.4. The summed E-state index contributed by atoms with van der Waals surface area (Å²) in [4.78, 5) is 13.0. The van der Waals surface area contributed by atoms with Crippen LogP contribution in [-0.4, -0.2) is 87.5 Å². The Kier molecular flexibility index (Phi) is 42.8. The number of carbonyl (C=O) groups excluding carboxylic acids is 1. The van der Waals surface area contributed by atoms with Crippen LogP contribution in [0.5, 0.6) is 0 Å². The molecule has 9 heteroatoms. The minimum absolute atomic E-state index is 0.192. The average molecular weight is 916 g/mol. The van der Waals surface area contributed by atoms with E-state index in [4.69, 9.17) is 9.47 Å². The van der Waals surface area contributed by atoms with Crippen LogP contribution in [0.4, 0.5) is 0 Å². The van der Waals surface area contributed by atoms with E-state index in [2.05, 4.69) is 67.8 Å². The molecular weight excluding hydrogens is 815 g/mol. The van der Waals surface area contributed by atoms with Crippen LogP contribution in [-0.2, 0) is 14.3 Å². The molecule has 0 bridgehead atoms. The number of hydrogen-bond donors (Lipinski definition) is 6. The van der Waals surface area contributed by atoms with E-state index < -0.39 is 49.5 Å². The Morgan fingerprint density at radius 2 is 0.969 bits per heavy atom. The number of ether oxygens (including phenoxy) is 2. The lowest BCUT2D eigenvalue weighted by atomic mass is 9.99. The highest BCUT2D eigenvalue weighted by Crippen LogP contribution is 2.23. The van der Waals surface area contributed by atoms with E-state index in [0.717, 1.165) is 57.8 Å². The molecule has 0 radical (unpaired) electrons. The maximum absolute atomic E-state index is 13.0. The van der Waals surface area contributed by atoms with Crippen molar-refractivity contribution in [3.05, 3.63) is 60.8 Å². The Balaban J connectivity index is 2.30. The van der Waals surface area contributed by atoms with E-state index in [0.29, 0.717) is 6.42 Å². The molecule has 65 heavy (non-hydrogen) atoms. The first-order valence-electron chi connectivity index (χ1n) is 27.0. The van der Waals surface area contributed by atoms with Gasteiger partial charge in [-0.1, -0.05) is 216 Å². The third-order valence-electron chi connectivity index (χ3n) is 12.6. The smallest absolute Gasteiger partial charge is 0.220 e. The Hall–Kier alpha value is -2.11. The summed E-state index contributed by atoms with van der Waals surface area (Å²) in [6.07, 6.45) is 54.2. The number of carbonyl (C=O) groups is 1. The highest BCUT2D eigenvalue weighted by Gasteiger charge is 2.44. The number of unbranched alkanes of at least 4 members (excludes halogenated alkanes) is 27. The van der Waals surface area contributed by atoms with E-state index in [1.165, 1.54) is 154 Å². The lowest BCUT2D eigenvalue weighted by Gasteiger charge is -2.40. The monoisotopic (exact) mass is 916 g/mol. The molecule has 0 aromatic rings. The highest BCUT2D eigenvalue weighted by molar-refractivity contribution is 5.76. The number of allylic oxidation sites excluding steroid dienone is 9. The molecule has 1 aliphatic heterocycles. The first-order chi connectivity index (χ1) is 31.8. The van der Waals surface area contributed by atoms with E-state index in [1.807, 2.05) is 6.08 Å². The first-order valence-corrected chi connectivity index (χ1v) is 27.0. The molecule has 0 aliphatic carbocycles. The fraction of sp³-hybridized carbons (Fsp3) is 0.804. The molecule has 0 spiro atoms. The van der Waals surface area contributed by atoms with Crippen molar-refractivity contribution in [3.63, 3.8) is 0 Å². The normalized spacial score (nSPS) is 20.4. The molecule has 0 saturated carbocycles. The maximum atomic E-state index is 13.0. The summed E-state index contributed by atoms with van der Waals surface area (Å²) in [5.74, 6) is -0.192. The standard InChI is InChI=1S/C56H101NO8/c1-3-5-7-9-11-13-15-17-19-21-23-25-27-29-31-33-35-37-39-41-43-45-50(59)49(48-64-56-55(63)54(62)53(61)51(47-58)65-56)57-52(60)46-44-42-40-38-36-34-32-30-28-26-24-22-20-18-16-14-12-10-8-6-4-2/h6,8,12,14,27,29,35,37,43,45,49-51,53-56,58-59,61-63H,3-5,7,9-11,13,15-26,28,30-34,36,38-42,44,46-48H2,1-2H3,(H,57,60)/b8-6-,14-12-,29-27+,37-35+,45-43+. The van der Waals surface area contributed by atoms with Gasteiger partial charge < -0.3 is 40.3 Å². The van der Waals surface area contributed by atoms with Gasteiger partial charge in [0, 0.05) is 6.42 Å². The number of amides is 1. The zero-order valence-corrected chi connectivity index (χ0v) is 41.7. The van der Waals surface area contributed by atoms with Crippen molar-refractivity contribution in [2.24, 2.45) is 0 Å². The van der Waals surface area contributed by atoms with Crippen LogP contribution in [0.15, 0.2) is 60.8 Å². The molecule has 378 valence electrons. The molecule has 7 unspecified atom stereocenters. The van der Waals surface area contributed by atoms with Gasteiger partial charge in [0.15, 0.2) is 6.29 Å². The van der Waals surface area contributed by atoms with Crippen molar-refractivity contribution in [1.29, 1.82) is 0 Å². The van der Waals surface area contributed by atoms with Crippen LogP contribution in [0.1, 0.15) is 232 Å². The van der Waals surface area contributed by atoms with Crippen LogP contribution in [0.3, 0.4) is 0 Å². The van der Waals surface area contributed by atoms with Crippen molar-refractivity contribution in [1.82, 2.24) is 5.32 Å². The molecule has 1 rings (SSSR count). The van der Waals surface area contributed by atoms with Crippen LogP contribution in [0.2, 0.25) is 0 Å². The lowest BCUT2D eigenvalue weighted by molar-refractivity contribution is -0.302. The molecule has 0 aromatic heterocycles. The van der Waals surface area contributed by atoms with Gasteiger partial charge in [-0.15, -0.1) is 0 Å². The predicted octanol–water partition coefficient (Wildman–Crippen LogP) is 12.7. The molecule has 6 N–H and O–H groups in total. The minimum atomic E-state index is -1.58. The van der Waals surface area contributed by atoms with Crippen LogP contribution < -0.4 is 5.32 Å². The maximum Gasteiger partial charge on any atom is 0.220 e. The van der Waals surface area contributed by atoms with Gasteiger partial charge in [-0.05, 0) is 70.6 Å². The molecule has 1 aliphatic rings. The summed E-state index contributed by atoms with van der Waals surface area (Å²) < 4.78 is 11.2. The third-order valence-corrected chi connectivity index (χ3v) is 12.6. The Morgan fingerprint density at radius 1 is 0.538 bits per heavy atom. The third kappa shape index (κ3) is 35.7.